The Morgan fingerprint density at radius 1 is 1.13 bits per heavy atom. The van der Waals surface area contributed by atoms with Crippen LogP contribution in [0, 0.1) is 13.8 Å². The highest BCUT2D eigenvalue weighted by Crippen LogP contribution is 2.35. The number of thiazole rings is 1. The number of rotatable bonds is 7. The number of carboxylic acids is 1. The monoisotopic (exact) mass is 451 g/mol. The molecule has 30 heavy (non-hydrogen) atoms. The summed E-state index contributed by atoms with van der Waals surface area (Å²) in [6.45, 7) is 3.91. The molecule has 1 heterocycles. The van der Waals surface area contributed by atoms with Gasteiger partial charge in [-0.15, -0.1) is 23.1 Å². The summed E-state index contributed by atoms with van der Waals surface area (Å²) in [5, 5.41) is 9.56. The number of hydrogen-bond donors (Lipinski definition) is 1. The summed E-state index contributed by atoms with van der Waals surface area (Å²) >= 11 is 3.13. The third-order valence-electron chi connectivity index (χ3n) is 4.59. The van der Waals surface area contributed by atoms with E-state index in [9.17, 15) is 18.0 Å². The van der Waals surface area contributed by atoms with Crippen LogP contribution in [0.3, 0.4) is 0 Å². The molecule has 3 nitrogen and oxygen atoms in total. The summed E-state index contributed by atoms with van der Waals surface area (Å²) in [5.74, 6) is -0.131. The number of benzene rings is 2. The van der Waals surface area contributed by atoms with Crippen molar-refractivity contribution in [2.75, 3.05) is 0 Å². The van der Waals surface area contributed by atoms with Crippen molar-refractivity contribution in [3.8, 4) is 10.6 Å². The van der Waals surface area contributed by atoms with E-state index in [4.69, 9.17) is 5.11 Å². The highest BCUT2D eigenvalue weighted by molar-refractivity contribution is 7.98. The number of aromatic nitrogens is 1. The van der Waals surface area contributed by atoms with E-state index in [-0.39, 0.29) is 6.42 Å². The number of alkyl halides is 3. The zero-order valence-electron chi connectivity index (χ0n) is 16.4. The summed E-state index contributed by atoms with van der Waals surface area (Å²) in [5.41, 5.74) is 2.95. The van der Waals surface area contributed by atoms with Crippen LogP contribution in [0.25, 0.3) is 10.6 Å². The molecule has 1 N–H and O–H groups in total. The van der Waals surface area contributed by atoms with E-state index in [2.05, 4.69) is 4.98 Å². The lowest BCUT2D eigenvalue weighted by atomic mass is 10.1. The van der Waals surface area contributed by atoms with Crippen molar-refractivity contribution in [1.29, 1.82) is 0 Å². The van der Waals surface area contributed by atoms with Crippen molar-refractivity contribution in [2.24, 2.45) is 0 Å². The van der Waals surface area contributed by atoms with Crippen LogP contribution in [0.1, 0.15) is 33.7 Å². The molecule has 1 aromatic heterocycles. The van der Waals surface area contributed by atoms with Gasteiger partial charge in [0.1, 0.15) is 5.01 Å². The van der Waals surface area contributed by atoms with Crippen molar-refractivity contribution in [1.82, 2.24) is 4.98 Å². The van der Waals surface area contributed by atoms with Gasteiger partial charge in [0.25, 0.3) is 0 Å². The fraction of sp³-hybridized carbons (Fsp3) is 0.273. The zero-order valence-corrected chi connectivity index (χ0v) is 18.0. The second kappa shape index (κ2) is 9.22. The standard InChI is InChI=1S/C22H20F3NO2S2/c1-13-3-4-15(5-10-20(27)28)11-18(13)29-12-19-14(2)26-21(30-19)16-6-8-17(9-7-16)22(23,24)25/h3-4,6-9,11H,5,10,12H2,1-2H3,(H,27,28). The predicted octanol–water partition coefficient (Wildman–Crippen LogP) is 6.76. The Balaban J connectivity index is 1.72. The molecule has 0 atom stereocenters. The van der Waals surface area contributed by atoms with E-state index in [0.29, 0.717) is 22.7 Å². The van der Waals surface area contributed by atoms with E-state index in [1.165, 1.54) is 23.5 Å². The van der Waals surface area contributed by atoms with Gasteiger partial charge in [0.05, 0.1) is 11.3 Å². The van der Waals surface area contributed by atoms with E-state index in [1.807, 2.05) is 32.0 Å². The first-order valence-corrected chi connectivity index (χ1v) is 11.0. The Morgan fingerprint density at radius 2 is 1.83 bits per heavy atom. The van der Waals surface area contributed by atoms with Gasteiger partial charge in [-0.25, -0.2) is 4.98 Å². The van der Waals surface area contributed by atoms with Crippen molar-refractivity contribution in [3.63, 3.8) is 0 Å². The first kappa shape index (κ1) is 22.4. The Labute approximate surface area is 181 Å². The number of carbonyl (C=O) groups is 1. The van der Waals surface area contributed by atoms with Crippen molar-refractivity contribution in [3.05, 3.63) is 69.7 Å². The topological polar surface area (TPSA) is 50.2 Å². The molecule has 3 aromatic rings. The molecule has 0 saturated heterocycles. The molecular formula is C22H20F3NO2S2. The third-order valence-corrected chi connectivity index (χ3v) is 7.16. The molecule has 0 spiro atoms. The number of aliphatic carboxylic acids is 1. The van der Waals surface area contributed by atoms with Crippen LogP contribution in [0.2, 0.25) is 0 Å². The fourth-order valence-corrected chi connectivity index (χ4v) is 5.14. The number of nitrogens with zero attached hydrogens (tertiary/aromatic N) is 1. The maximum atomic E-state index is 12.8. The largest absolute Gasteiger partial charge is 0.481 e. The molecule has 3 rings (SSSR count). The van der Waals surface area contributed by atoms with Crippen molar-refractivity contribution < 1.29 is 23.1 Å². The van der Waals surface area contributed by atoms with Crippen LogP contribution in [0.5, 0.6) is 0 Å². The molecule has 0 amide bonds. The van der Waals surface area contributed by atoms with Gasteiger partial charge < -0.3 is 5.11 Å². The number of thioether (sulfide) groups is 1. The lowest BCUT2D eigenvalue weighted by Gasteiger charge is -2.08. The zero-order chi connectivity index (χ0) is 21.9. The van der Waals surface area contributed by atoms with Gasteiger partial charge in [0, 0.05) is 27.5 Å². The van der Waals surface area contributed by atoms with Gasteiger partial charge in [0.2, 0.25) is 0 Å². The van der Waals surface area contributed by atoms with E-state index < -0.39 is 17.7 Å². The summed E-state index contributed by atoms with van der Waals surface area (Å²) in [6, 6.07) is 11.0. The third kappa shape index (κ3) is 5.64. The molecule has 0 unspecified atom stereocenters. The van der Waals surface area contributed by atoms with Crippen molar-refractivity contribution in [2.45, 2.75) is 43.5 Å². The molecule has 0 aliphatic heterocycles. The van der Waals surface area contributed by atoms with Gasteiger partial charge in [-0.05, 0) is 49.6 Å². The maximum Gasteiger partial charge on any atom is 0.416 e. The van der Waals surface area contributed by atoms with Crippen LogP contribution in [0.4, 0.5) is 13.2 Å². The SMILES string of the molecule is Cc1ccc(CCC(=O)O)cc1SCc1sc(-c2ccc(C(F)(F)F)cc2)nc1C. The first-order valence-electron chi connectivity index (χ1n) is 9.21. The van der Waals surface area contributed by atoms with Crippen LogP contribution in [-0.4, -0.2) is 16.1 Å². The second-order valence-electron chi connectivity index (χ2n) is 6.88. The smallest absolute Gasteiger partial charge is 0.416 e. The maximum absolute atomic E-state index is 12.8. The molecule has 0 fully saturated rings. The highest BCUT2D eigenvalue weighted by atomic mass is 32.2. The normalized spacial score (nSPS) is 11.6. The molecular weight excluding hydrogens is 431 g/mol. The average Bonchev–Trinajstić information content (AvgIpc) is 3.06. The second-order valence-corrected chi connectivity index (χ2v) is 8.99. The Kier molecular flexibility index (Phi) is 6.88. The first-order chi connectivity index (χ1) is 14.1. The number of carboxylic acid groups (broad SMARTS) is 1. The van der Waals surface area contributed by atoms with E-state index >= 15 is 0 Å². The Hall–Kier alpha value is -2.32. The minimum atomic E-state index is -4.35. The Bertz CT molecular complexity index is 1040. The molecule has 158 valence electrons. The quantitative estimate of drug-likeness (QED) is 0.404. The summed E-state index contributed by atoms with van der Waals surface area (Å²) < 4.78 is 38.3. The summed E-state index contributed by atoms with van der Waals surface area (Å²) in [4.78, 5) is 17.5. The van der Waals surface area contributed by atoms with Gasteiger partial charge in [-0.3, -0.25) is 4.79 Å². The van der Waals surface area contributed by atoms with Crippen LogP contribution >= 0.6 is 23.1 Å². The number of halogens is 3. The number of hydrogen-bond acceptors (Lipinski definition) is 4. The molecule has 0 saturated carbocycles. The fourth-order valence-electron chi connectivity index (χ4n) is 2.84. The highest BCUT2D eigenvalue weighted by Gasteiger charge is 2.30. The lowest BCUT2D eigenvalue weighted by Crippen LogP contribution is -2.03. The van der Waals surface area contributed by atoms with Gasteiger partial charge >= 0.3 is 12.1 Å². The molecule has 0 radical (unpaired) electrons. The molecule has 0 aliphatic carbocycles. The van der Waals surface area contributed by atoms with E-state index in [0.717, 1.165) is 38.7 Å². The van der Waals surface area contributed by atoms with Crippen molar-refractivity contribution >= 4 is 29.1 Å². The van der Waals surface area contributed by atoms with Crippen LogP contribution in [0.15, 0.2) is 47.4 Å². The van der Waals surface area contributed by atoms with Gasteiger partial charge in [-0.1, -0.05) is 24.3 Å². The summed E-state index contributed by atoms with van der Waals surface area (Å²) in [6.07, 6.45) is -3.77. The van der Waals surface area contributed by atoms with Crippen LogP contribution < -0.4 is 0 Å². The lowest BCUT2D eigenvalue weighted by molar-refractivity contribution is -0.138. The minimum Gasteiger partial charge on any atom is -0.481 e. The van der Waals surface area contributed by atoms with Gasteiger partial charge in [0.15, 0.2) is 0 Å². The summed E-state index contributed by atoms with van der Waals surface area (Å²) in [7, 11) is 0. The molecule has 8 heteroatoms. The van der Waals surface area contributed by atoms with E-state index in [1.54, 1.807) is 11.8 Å². The Morgan fingerprint density at radius 3 is 2.47 bits per heavy atom. The molecule has 0 aliphatic rings. The predicted molar refractivity (Wildman–Crippen MR) is 114 cm³/mol. The minimum absolute atomic E-state index is 0.0949. The molecule has 2 aromatic carbocycles. The molecule has 0 bridgehead atoms. The van der Waals surface area contributed by atoms with Crippen LogP contribution in [-0.2, 0) is 23.1 Å². The average molecular weight is 452 g/mol. The number of aryl methyl sites for hydroxylation is 3. The van der Waals surface area contributed by atoms with Gasteiger partial charge in [-0.2, -0.15) is 13.2 Å².